The number of hydrogen-bond acceptors (Lipinski definition) is 3. The number of rotatable bonds is 6. The molecule has 0 aliphatic carbocycles. The standard InChI is InChI=1S/C14H19N3O/c1-12(10-17-8-7-15-11-17)16-9-13-5-3-4-6-14(13)18-2/h3-8,11-12,16H,9-10H2,1-2H3. The molecule has 0 amide bonds. The lowest BCUT2D eigenvalue weighted by atomic mass is 10.2. The number of ether oxygens (including phenoxy) is 1. The van der Waals surface area contributed by atoms with Crippen molar-refractivity contribution in [1.29, 1.82) is 0 Å². The summed E-state index contributed by atoms with van der Waals surface area (Å²) < 4.78 is 7.40. The molecule has 1 atom stereocenters. The van der Waals surface area contributed by atoms with E-state index in [9.17, 15) is 0 Å². The minimum atomic E-state index is 0.379. The van der Waals surface area contributed by atoms with Gasteiger partial charge in [-0.05, 0) is 13.0 Å². The molecule has 0 saturated heterocycles. The van der Waals surface area contributed by atoms with Gasteiger partial charge in [0, 0.05) is 37.1 Å². The van der Waals surface area contributed by atoms with E-state index in [2.05, 4.69) is 27.9 Å². The Morgan fingerprint density at radius 1 is 1.39 bits per heavy atom. The highest BCUT2D eigenvalue weighted by Crippen LogP contribution is 2.16. The third kappa shape index (κ3) is 3.34. The molecule has 18 heavy (non-hydrogen) atoms. The van der Waals surface area contributed by atoms with Crippen molar-refractivity contribution in [3.63, 3.8) is 0 Å². The van der Waals surface area contributed by atoms with Crippen LogP contribution in [0.1, 0.15) is 12.5 Å². The fourth-order valence-corrected chi connectivity index (χ4v) is 1.91. The Hall–Kier alpha value is -1.81. The Bertz CT molecular complexity index is 468. The van der Waals surface area contributed by atoms with Crippen molar-refractivity contribution in [2.45, 2.75) is 26.1 Å². The lowest BCUT2D eigenvalue weighted by Gasteiger charge is -2.15. The van der Waals surface area contributed by atoms with E-state index < -0.39 is 0 Å². The van der Waals surface area contributed by atoms with Crippen molar-refractivity contribution in [2.75, 3.05) is 7.11 Å². The molecule has 0 radical (unpaired) electrons. The Labute approximate surface area is 108 Å². The second kappa shape index (κ2) is 6.21. The molecule has 2 rings (SSSR count). The van der Waals surface area contributed by atoms with E-state index in [1.54, 1.807) is 13.3 Å². The molecule has 4 heteroatoms. The zero-order valence-corrected chi connectivity index (χ0v) is 10.8. The third-order valence-corrected chi connectivity index (χ3v) is 2.88. The van der Waals surface area contributed by atoms with Gasteiger partial charge in [0.2, 0.25) is 0 Å². The molecule has 0 fully saturated rings. The van der Waals surface area contributed by atoms with Crippen molar-refractivity contribution >= 4 is 0 Å². The van der Waals surface area contributed by atoms with E-state index in [4.69, 9.17) is 4.74 Å². The van der Waals surface area contributed by atoms with Gasteiger partial charge in [0.05, 0.1) is 13.4 Å². The summed E-state index contributed by atoms with van der Waals surface area (Å²) in [4.78, 5) is 4.04. The van der Waals surface area contributed by atoms with Crippen molar-refractivity contribution in [3.8, 4) is 5.75 Å². The minimum Gasteiger partial charge on any atom is -0.496 e. The topological polar surface area (TPSA) is 39.1 Å². The van der Waals surface area contributed by atoms with Crippen molar-refractivity contribution < 1.29 is 4.74 Å². The monoisotopic (exact) mass is 245 g/mol. The van der Waals surface area contributed by atoms with E-state index >= 15 is 0 Å². The highest BCUT2D eigenvalue weighted by Gasteiger charge is 2.05. The molecular formula is C14H19N3O. The van der Waals surface area contributed by atoms with E-state index in [0.29, 0.717) is 6.04 Å². The molecule has 1 unspecified atom stereocenters. The molecule has 4 nitrogen and oxygen atoms in total. The summed E-state index contributed by atoms with van der Waals surface area (Å²) in [7, 11) is 1.70. The average Bonchev–Trinajstić information content (AvgIpc) is 2.89. The number of nitrogens with zero attached hydrogens (tertiary/aromatic N) is 2. The van der Waals surface area contributed by atoms with Gasteiger partial charge in [0.15, 0.2) is 0 Å². The molecule has 0 aliphatic rings. The van der Waals surface area contributed by atoms with E-state index in [-0.39, 0.29) is 0 Å². The highest BCUT2D eigenvalue weighted by molar-refractivity contribution is 5.32. The van der Waals surface area contributed by atoms with Crippen LogP contribution in [0.2, 0.25) is 0 Å². The van der Waals surface area contributed by atoms with E-state index in [0.717, 1.165) is 18.8 Å². The fraction of sp³-hybridized carbons (Fsp3) is 0.357. The number of hydrogen-bond donors (Lipinski definition) is 1. The van der Waals surface area contributed by atoms with Crippen LogP contribution in [0.25, 0.3) is 0 Å². The normalized spacial score (nSPS) is 12.3. The molecule has 1 N–H and O–H groups in total. The van der Waals surface area contributed by atoms with Crippen LogP contribution < -0.4 is 10.1 Å². The average molecular weight is 245 g/mol. The molecular weight excluding hydrogens is 226 g/mol. The van der Waals surface area contributed by atoms with Crippen LogP contribution >= 0.6 is 0 Å². The lowest BCUT2D eigenvalue weighted by Crippen LogP contribution is -2.29. The summed E-state index contributed by atoms with van der Waals surface area (Å²) in [5.41, 5.74) is 1.18. The summed E-state index contributed by atoms with van der Waals surface area (Å²) in [5.74, 6) is 0.930. The first-order valence-corrected chi connectivity index (χ1v) is 6.10. The molecule has 0 aliphatic heterocycles. The van der Waals surface area contributed by atoms with Crippen LogP contribution in [-0.2, 0) is 13.1 Å². The Morgan fingerprint density at radius 2 is 2.22 bits per heavy atom. The lowest BCUT2D eigenvalue weighted by molar-refractivity contribution is 0.403. The third-order valence-electron chi connectivity index (χ3n) is 2.88. The van der Waals surface area contributed by atoms with Gasteiger partial charge >= 0.3 is 0 Å². The second-order valence-corrected chi connectivity index (χ2v) is 4.35. The molecule has 0 spiro atoms. The zero-order valence-electron chi connectivity index (χ0n) is 10.8. The second-order valence-electron chi connectivity index (χ2n) is 4.35. The smallest absolute Gasteiger partial charge is 0.123 e. The molecule has 96 valence electrons. The number of methoxy groups -OCH3 is 1. The molecule has 2 aromatic rings. The quantitative estimate of drug-likeness (QED) is 0.846. The zero-order chi connectivity index (χ0) is 12.8. The van der Waals surface area contributed by atoms with Crippen molar-refractivity contribution in [3.05, 3.63) is 48.5 Å². The predicted octanol–water partition coefficient (Wildman–Crippen LogP) is 2.07. The largest absolute Gasteiger partial charge is 0.496 e. The molecule has 1 aromatic heterocycles. The highest BCUT2D eigenvalue weighted by atomic mass is 16.5. The summed E-state index contributed by atoms with van der Waals surface area (Å²) in [6.07, 6.45) is 5.61. The first kappa shape index (κ1) is 12.6. The Morgan fingerprint density at radius 3 is 2.94 bits per heavy atom. The number of benzene rings is 1. The van der Waals surface area contributed by atoms with Crippen LogP contribution in [0.15, 0.2) is 43.0 Å². The summed E-state index contributed by atoms with van der Waals surface area (Å²) in [5, 5.41) is 3.48. The van der Waals surface area contributed by atoms with Crippen LogP contribution in [0.3, 0.4) is 0 Å². The molecule has 1 aromatic carbocycles. The summed E-state index contributed by atoms with van der Waals surface area (Å²) >= 11 is 0. The van der Waals surface area contributed by atoms with Gasteiger partial charge in [-0.25, -0.2) is 4.98 Å². The molecule has 0 bridgehead atoms. The van der Waals surface area contributed by atoms with Gasteiger partial charge < -0.3 is 14.6 Å². The number of para-hydroxylation sites is 1. The fourth-order valence-electron chi connectivity index (χ4n) is 1.91. The predicted molar refractivity (Wildman–Crippen MR) is 71.5 cm³/mol. The van der Waals surface area contributed by atoms with Gasteiger partial charge in [0.1, 0.15) is 5.75 Å². The number of aromatic nitrogens is 2. The van der Waals surface area contributed by atoms with Gasteiger partial charge in [-0.2, -0.15) is 0 Å². The number of imidazole rings is 1. The maximum absolute atomic E-state index is 5.33. The minimum absolute atomic E-state index is 0.379. The van der Waals surface area contributed by atoms with Gasteiger partial charge in [-0.3, -0.25) is 0 Å². The SMILES string of the molecule is COc1ccccc1CNC(C)Cn1ccnc1. The van der Waals surface area contributed by atoms with Crippen LogP contribution in [0.4, 0.5) is 0 Å². The Balaban J connectivity index is 1.87. The maximum Gasteiger partial charge on any atom is 0.123 e. The maximum atomic E-state index is 5.33. The Kier molecular flexibility index (Phi) is 4.36. The summed E-state index contributed by atoms with van der Waals surface area (Å²) in [6.45, 7) is 3.88. The first-order valence-electron chi connectivity index (χ1n) is 6.10. The van der Waals surface area contributed by atoms with Crippen LogP contribution in [0.5, 0.6) is 5.75 Å². The van der Waals surface area contributed by atoms with Gasteiger partial charge in [-0.1, -0.05) is 18.2 Å². The van der Waals surface area contributed by atoms with E-state index in [1.165, 1.54) is 5.56 Å². The van der Waals surface area contributed by atoms with Crippen LogP contribution in [-0.4, -0.2) is 22.7 Å². The van der Waals surface area contributed by atoms with E-state index in [1.807, 2.05) is 30.7 Å². The summed E-state index contributed by atoms with van der Waals surface area (Å²) in [6, 6.07) is 8.45. The molecule has 0 saturated carbocycles. The van der Waals surface area contributed by atoms with Gasteiger partial charge in [0.25, 0.3) is 0 Å². The van der Waals surface area contributed by atoms with Crippen molar-refractivity contribution in [1.82, 2.24) is 14.9 Å². The van der Waals surface area contributed by atoms with Gasteiger partial charge in [-0.15, -0.1) is 0 Å². The van der Waals surface area contributed by atoms with Crippen molar-refractivity contribution in [2.24, 2.45) is 0 Å². The van der Waals surface area contributed by atoms with Crippen LogP contribution in [0, 0.1) is 0 Å². The number of nitrogens with one attached hydrogen (secondary N) is 1. The first-order chi connectivity index (χ1) is 8.79. The molecule has 1 heterocycles.